The third-order valence-corrected chi connectivity index (χ3v) is 3.00. The Balaban J connectivity index is 2.37. The molecule has 16 heavy (non-hydrogen) atoms. The lowest BCUT2D eigenvalue weighted by molar-refractivity contribution is 0.385. The van der Waals surface area contributed by atoms with E-state index in [1.54, 1.807) is 6.92 Å². The van der Waals surface area contributed by atoms with Gasteiger partial charge in [0, 0.05) is 11.4 Å². The summed E-state index contributed by atoms with van der Waals surface area (Å²) in [6.45, 7) is 3.77. The number of hydrogen-bond acceptors (Lipinski definition) is 4. The summed E-state index contributed by atoms with van der Waals surface area (Å²) < 4.78 is 5.87. The van der Waals surface area contributed by atoms with Crippen LogP contribution in [0.25, 0.3) is 0 Å². The molecule has 0 aliphatic carbocycles. The molecule has 0 aliphatic heterocycles. The lowest BCUT2D eigenvalue weighted by Gasteiger charge is -2.10. The first-order valence-electron chi connectivity index (χ1n) is 4.90. The van der Waals surface area contributed by atoms with Crippen LogP contribution in [0.15, 0.2) is 27.2 Å². The average Bonchev–Trinajstić information content (AvgIpc) is 2.64. The van der Waals surface area contributed by atoms with Crippen molar-refractivity contribution in [3.8, 4) is 0 Å². The highest BCUT2D eigenvalue weighted by Gasteiger charge is 2.17. The van der Waals surface area contributed by atoms with Gasteiger partial charge in [0.05, 0.1) is 6.04 Å². The van der Waals surface area contributed by atoms with E-state index >= 15 is 0 Å². The number of benzene rings is 1. The molecule has 1 atom stereocenters. The number of hydrogen-bond donors (Lipinski definition) is 1. The van der Waals surface area contributed by atoms with Crippen LogP contribution in [0.3, 0.4) is 0 Å². The highest BCUT2D eigenvalue weighted by atomic mass is 79.9. The average molecular weight is 282 g/mol. The second kappa shape index (κ2) is 4.35. The van der Waals surface area contributed by atoms with Crippen LogP contribution in [-0.4, -0.2) is 10.1 Å². The summed E-state index contributed by atoms with van der Waals surface area (Å²) in [5.74, 6) is 1.02. The van der Waals surface area contributed by atoms with Crippen LogP contribution in [0, 0.1) is 13.8 Å². The van der Waals surface area contributed by atoms with Crippen molar-refractivity contribution in [3.63, 3.8) is 0 Å². The number of nitrogens with two attached hydrogens (primary N) is 1. The number of aryl methyl sites for hydroxylation is 2. The van der Waals surface area contributed by atoms with Gasteiger partial charge in [0.2, 0.25) is 5.89 Å². The third-order valence-electron chi connectivity index (χ3n) is 2.31. The van der Waals surface area contributed by atoms with E-state index in [0.29, 0.717) is 11.7 Å². The highest BCUT2D eigenvalue weighted by molar-refractivity contribution is 9.10. The summed E-state index contributed by atoms with van der Waals surface area (Å²) in [6.07, 6.45) is 0. The van der Waals surface area contributed by atoms with Gasteiger partial charge in [-0.3, -0.25) is 0 Å². The van der Waals surface area contributed by atoms with Gasteiger partial charge in [-0.1, -0.05) is 33.2 Å². The lowest BCUT2D eigenvalue weighted by Crippen LogP contribution is -2.14. The van der Waals surface area contributed by atoms with E-state index in [1.807, 2.05) is 25.1 Å². The van der Waals surface area contributed by atoms with Gasteiger partial charge in [0.25, 0.3) is 0 Å². The van der Waals surface area contributed by atoms with E-state index in [-0.39, 0.29) is 6.04 Å². The van der Waals surface area contributed by atoms with Crippen molar-refractivity contribution < 1.29 is 4.52 Å². The zero-order valence-electron chi connectivity index (χ0n) is 9.07. The zero-order valence-corrected chi connectivity index (χ0v) is 10.7. The Kier molecular flexibility index (Phi) is 3.07. The van der Waals surface area contributed by atoms with Crippen LogP contribution >= 0.6 is 15.9 Å². The Bertz CT molecular complexity index is 510. The van der Waals surface area contributed by atoms with Crippen molar-refractivity contribution in [2.45, 2.75) is 19.9 Å². The molecule has 0 radical (unpaired) electrons. The van der Waals surface area contributed by atoms with Crippen molar-refractivity contribution in [1.29, 1.82) is 0 Å². The smallest absolute Gasteiger partial charge is 0.223 e. The molecule has 0 spiro atoms. The number of halogens is 1. The Labute approximate surface area is 102 Å². The minimum atomic E-state index is -0.368. The molecule has 0 fully saturated rings. The first-order valence-corrected chi connectivity index (χ1v) is 5.69. The van der Waals surface area contributed by atoms with Crippen LogP contribution in [0.1, 0.15) is 28.9 Å². The Hall–Kier alpha value is -1.20. The molecule has 0 saturated carbocycles. The van der Waals surface area contributed by atoms with Gasteiger partial charge in [0.1, 0.15) is 0 Å². The summed E-state index contributed by atoms with van der Waals surface area (Å²) in [6, 6.07) is 5.62. The first-order chi connectivity index (χ1) is 7.58. The van der Waals surface area contributed by atoms with Crippen molar-refractivity contribution in [2.75, 3.05) is 0 Å². The van der Waals surface area contributed by atoms with E-state index in [9.17, 15) is 0 Å². The van der Waals surface area contributed by atoms with E-state index < -0.39 is 0 Å². The minimum Gasteiger partial charge on any atom is -0.340 e. The fraction of sp³-hybridized carbons (Fsp3) is 0.273. The van der Waals surface area contributed by atoms with Crippen LogP contribution in [0.4, 0.5) is 0 Å². The number of nitrogens with zero attached hydrogens (tertiary/aromatic N) is 2. The van der Waals surface area contributed by atoms with Gasteiger partial charge in [-0.25, -0.2) is 0 Å². The van der Waals surface area contributed by atoms with Crippen molar-refractivity contribution in [1.82, 2.24) is 10.1 Å². The van der Waals surface area contributed by atoms with Crippen LogP contribution in [-0.2, 0) is 0 Å². The molecule has 1 heterocycles. The summed E-state index contributed by atoms with van der Waals surface area (Å²) >= 11 is 3.49. The predicted octanol–water partition coefficient (Wildman–Crippen LogP) is 2.50. The van der Waals surface area contributed by atoms with Gasteiger partial charge in [-0.2, -0.15) is 4.98 Å². The monoisotopic (exact) mass is 281 g/mol. The summed E-state index contributed by atoms with van der Waals surface area (Å²) in [5, 5.41) is 3.82. The van der Waals surface area contributed by atoms with E-state index in [0.717, 1.165) is 10.0 Å². The van der Waals surface area contributed by atoms with E-state index in [2.05, 4.69) is 26.1 Å². The second-order valence-electron chi connectivity index (χ2n) is 3.67. The SMILES string of the molecule is Cc1ccc(C(N)c2noc(C)n2)c(Br)c1. The quantitative estimate of drug-likeness (QED) is 0.919. The topological polar surface area (TPSA) is 64.9 Å². The molecule has 1 aromatic carbocycles. The van der Waals surface area contributed by atoms with Crippen LogP contribution in [0.5, 0.6) is 0 Å². The molecule has 84 valence electrons. The first kappa shape index (κ1) is 11.3. The largest absolute Gasteiger partial charge is 0.340 e. The molecule has 2 rings (SSSR count). The second-order valence-corrected chi connectivity index (χ2v) is 4.53. The molecule has 1 aromatic heterocycles. The molecule has 2 N–H and O–H groups in total. The molecule has 4 nitrogen and oxygen atoms in total. The van der Waals surface area contributed by atoms with Crippen molar-refractivity contribution in [2.24, 2.45) is 5.73 Å². The molecule has 0 aliphatic rings. The molecule has 0 bridgehead atoms. The Morgan fingerprint density at radius 2 is 2.12 bits per heavy atom. The molecule has 1 unspecified atom stereocenters. The highest BCUT2D eigenvalue weighted by Crippen LogP contribution is 2.26. The standard InChI is InChI=1S/C11H12BrN3O/c1-6-3-4-8(9(12)5-6)10(13)11-14-7(2)16-15-11/h3-5,10H,13H2,1-2H3. The summed E-state index contributed by atoms with van der Waals surface area (Å²) in [7, 11) is 0. The maximum atomic E-state index is 6.07. The molecular weight excluding hydrogens is 270 g/mol. The Morgan fingerprint density at radius 1 is 1.38 bits per heavy atom. The normalized spacial score (nSPS) is 12.8. The van der Waals surface area contributed by atoms with Gasteiger partial charge in [0.15, 0.2) is 5.82 Å². The zero-order chi connectivity index (χ0) is 11.7. The fourth-order valence-corrected chi connectivity index (χ4v) is 2.20. The predicted molar refractivity (Wildman–Crippen MR) is 63.9 cm³/mol. The summed E-state index contributed by atoms with van der Waals surface area (Å²) in [4.78, 5) is 4.13. The molecule has 2 aromatic rings. The maximum absolute atomic E-state index is 6.07. The lowest BCUT2D eigenvalue weighted by atomic mass is 10.1. The van der Waals surface area contributed by atoms with Gasteiger partial charge >= 0.3 is 0 Å². The van der Waals surface area contributed by atoms with E-state index in [1.165, 1.54) is 5.56 Å². The van der Waals surface area contributed by atoms with Gasteiger partial charge < -0.3 is 10.3 Å². The van der Waals surface area contributed by atoms with Crippen molar-refractivity contribution in [3.05, 3.63) is 45.5 Å². The molecule has 0 saturated heterocycles. The minimum absolute atomic E-state index is 0.368. The van der Waals surface area contributed by atoms with Gasteiger partial charge in [-0.15, -0.1) is 0 Å². The molecule has 0 amide bonds. The third kappa shape index (κ3) is 2.15. The van der Waals surface area contributed by atoms with Crippen molar-refractivity contribution >= 4 is 15.9 Å². The van der Waals surface area contributed by atoms with E-state index in [4.69, 9.17) is 10.3 Å². The maximum Gasteiger partial charge on any atom is 0.223 e. The van der Waals surface area contributed by atoms with Crippen LogP contribution in [0.2, 0.25) is 0 Å². The molecular formula is C11H12BrN3O. The Morgan fingerprint density at radius 3 is 2.69 bits per heavy atom. The van der Waals surface area contributed by atoms with Gasteiger partial charge in [-0.05, 0) is 24.1 Å². The number of aromatic nitrogens is 2. The number of rotatable bonds is 2. The molecule has 5 heteroatoms. The summed E-state index contributed by atoms with van der Waals surface area (Å²) in [5.41, 5.74) is 8.19. The van der Waals surface area contributed by atoms with Crippen LogP contribution < -0.4 is 5.73 Å². The fourth-order valence-electron chi connectivity index (χ4n) is 1.46.